The van der Waals surface area contributed by atoms with Gasteiger partial charge in [-0.2, -0.15) is 0 Å². The number of carbonyl (C=O) groups excluding carboxylic acids is 2. The van der Waals surface area contributed by atoms with Gasteiger partial charge in [0.2, 0.25) is 0 Å². The summed E-state index contributed by atoms with van der Waals surface area (Å²) in [5.74, 6) is -0.792. The highest BCUT2D eigenvalue weighted by atomic mass is 31.2. The summed E-state index contributed by atoms with van der Waals surface area (Å²) in [5.41, 5.74) is 0. The van der Waals surface area contributed by atoms with Gasteiger partial charge in [-0.25, -0.2) is 4.57 Å². The molecule has 0 aromatic heterocycles. The summed E-state index contributed by atoms with van der Waals surface area (Å²) in [5, 5.41) is 0. The van der Waals surface area contributed by atoms with Crippen LogP contribution >= 0.6 is 7.82 Å². The molecule has 454 valence electrons. The predicted molar refractivity (Wildman–Crippen MR) is 335 cm³/mol. The molecule has 0 fully saturated rings. The molecule has 2 atom stereocenters. The minimum atomic E-state index is -4.39. The van der Waals surface area contributed by atoms with Crippen molar-refractivity contribution >= 4 is 19.8 Å². The number of hydrogen-bond acceptors (Lipinski definition) is 7. The second kappa shape index (κ2) is 59.1. The Morgan fingerprint density at radius 2 is 0.731 bits per heavy atom. The fourth-order valence-electron chi connectivity index (χ4n) is 9.22. The highest BCUT2D eigenvalue weighted by Crippen LogP contribution is 2.43. The van der Waals surface area contributed by atoms with Gasteiger partial charge in [0.1, 0.15) is 19.8 Å². The van der Waals surface area contributed by atoms with Crippen LogP contribution < -0.4 is 0 Å². The molecule has 0 aromatic carbocycles. The van der Waals surface area contributed by atoms with Crippen LogP contribution in [-0.2, 0) is 32.7 Å². The SMILES string of the molecule is CC/C=C\C/C=C\C/C=C\C/C=C\C/C=C\CCCCCCCCCCCCCC(=O)OC(COC(=O)CCCCCCCCCCCCCCCCC/C=C\CCCCCCCCCC)COP(=O)(O)OCC[N+](C)(C)C. The quantitative estimate of drug-likeness (QED) is 0.0211. The van der Waals surface area contributed by atoms with E-state index in [9.17, 15) is 19.0 Å². The molecule has 2 unspecified atom stereocenters. The number of unbranched alkanes of at least 4 members (excludes halogenated alkanes) is 34. The highest BCUT2D eigenvalue weighted by molar-refractivity contribution is 7.47. The number of rotatable bonds is 60. The molecule has 0 aromatic rings. The van der Waals surface area contributed by atoms with Crippen LogP contribution in [-0.4, -0.2) is 74.9 Å². The van der Waals surface area contributed by atoms with Gasteiger partial charge in [-0.05, 0) is 83.5 Å². The summed E-state index contributed by atoms with van der Waals surface area (Å²) in [4.78, 5) is 35.8. The van der Waals surface area contributed by atoms with Gasteiger partial charge < -0.3 is 18.9 Å². The Labute approximate surface area is 482 Å². The van der Waals surface area contributed by atoms with Crippen LogP contribution in [0.25, 0.3) is 0 Å². The predicted octanol–water partition coefficient (Wildman–Crippen LogP) is 20.8. The number of allylic oxidation sites excluding steroid dienone is 12. The minimum absolute atomic E-state index is 0.0298. The van der Waals surface area contributed by atoms with Crippen molar-refractivity contribution in [2.45, 2.75) is 302 Å². The summed E-state index contributed by atoms with van der Waals surface area (Å²) in [6, 6.07) is 0. The van der Waals surface area contributed by atoms with Crippen molar-refractivity contribution in [2.75, 3.05) is 47.5 Å². The third-order valence-corrected chi connectivity index (χ3v) is 15.2. The zero-order valence-corrected chi connectivity index (χ0v) is 52.5. The van der Waals surface area contributed by atoms with E-state index in [1.807, 2.05) is 21.1 Å². The van der Waals surface area contributed by atoms with Crippen molar-refractivity contribution in [3.8, 4) is 0 Å². The number of hydrogen-bond donors (Lipinski definition) is 1. The second-order valence-electron chi connectivity index (χ2n) is 23.1. The van der Waals surface area contributed by atoms with Gasteiger partial charge in [0.15, 0.2) is 6.10 Å². The largest absolute Gasteiger partial charge is 0.472 e. The average molecular weight is 1120 g/mol. The van der Waals surface area contributed by atoms with Gasteiger partial charge in [0.25, 0.3) is 0 Å². The summed E-state index contributed by atoms with van der Waals surface area (Å²) in [6.45, 7) is 4.35. The average Bonchev–Trinajstić information content (AvgIpc) is 3.41. The Bertz CT molecular complexity index is 1550. The maximum atomic E-state index is 12.9. The van der Waals surface area contributed by atoms with Crippen molar-refractivity contribution in [2.24, 2.45) is 0 Å². The van der Waals surface area contributed by atoms with Gasteiger partial charge in [-0.3, -0.25) is 18.6 Å². The Morgan fingerprint density at radius 1 is 0.410 bits per heavy atom. The first kappa shape index (κ1) is 75.5. The Balaban J connectivity index is 4.09. The Morgan fingerprint density at radius 3 is 1.10 bits per heavy atom. The smallest absolute Gasteiger partial charge is 0.462 e. The maximum absolute atomic E-state index is 12.9. The first-order valence-corrected chi connectivity index (χ1v) is 34.2. The molecule has 0 saturated carbocycles. The number of ether oxygens (including phenoxy) is 2. The normalized spacial score (nSPS) is 13.7. The molecule has 0 rings (SSSR count). The molecular formula is C68H125NO8P+. The van der Waals surface area contributed by atoms with Gasteiger partial charge in [0.05, 0.1) is 27.7 Å². The standard InChI is InChI=1S/C68H124NO8P/c1-6-8-10-12-14-16-18-20-22-24-26-28-30-32-34-36-38-40-42-44-46-48-50-52-54-56-58-60-67(70)74-64-66(65-76-78(72,73)75-63-62-69(3,4)5)77-68(71)61-59-57-55-53-51-49-47-45-43-41-39-37-35-33-31-29-27-25-23-21-19-17-15-13-11-9-7-2/h9,11,15,17,21,23-24,26-27,29,33,35,66H,6-8,10,12-14,16,18-20,22,25,28,30-32,34,36-65H2,1-5H3/p+1/b11-9-,17-15-,23-21-,26-24-,29-27-,35-33-. The van der Waals surface area contributed by atoms with E-state index in [1.54, 1.807) is 0 Å². The number of phosphoric acid groups is 1. The Hall–Kier alpha value is -2.55. The molecule has 0 heterocycles. The second-order valence-corrected chi connectivity index (χ2v) is 24.6. The maximum Gasteiger partial charge on any atom is 0.472 e. The number of quaternary nitrogens is 1. The van der Waals surface area contributed by atoms with Crippen LogP contribution in [0.15, 0.2) is 72.9 Å². The number of esters is 2. The molecule has 10 heteroatoms. The molecule has 1 N–H and O–H groups in total. The van der Waals surface area contributed by atoms with E-state index in [1.165, 1.54) is 193 Å². The third-order valence-electron chi connectivity index (χ3n) is 14.2. The lowest BCUT2D eigenvalue weighted by Gasteiger charge is -2.24. The van der Waals surface area contributed by atoms with Crippen LogP contribution in [0.3, 0.4) is 0 Å². The monoisotopic (exact) mass is 1110 g/mol. The molecule has 78 heavy (non-hydrogen) atoms. The van der Waals surface area contributed by atoms with E-state index in [2.05, 4.69) is 86.8 Å². The van der Waals surface area contributed by atoms with Crippen molar-refractivity contribution in [1.29, 1.82) is 0 Å². The molecule has 0 aliphatic rings. The fraction of sp³-hybridized carbons (Fsp3) is 0.794. The van der Waals surface area contributed by atoms with Crippen LogP contribution in [0.1, 0.15) is 296 Å². The Kier molecular flexibility index (Phi) is 57.2. The van der Waals surface area contributed by atoms with Gasteiger partial charge in [-0.1, -0.05) is 273 Å². The molecule has 9 nitrogen and oxygen atoms in total. The lowest BCUT2D eigenvalue weighted by atomic mass is 10.0. The molecule has 0 spiro atoms. The van der Waals surface area contributed by atoms with E-state index in [-0.39, 0.29) is 32.0 Å². The van der Waals surface area contributed by atoms with Crippen LogP contribution in [0.2, 0.25) is 0 Å². The van der Waals surface area contributed by atoms with Crippen molar-refractivity contribution in [1.82, 2.24) is 0 Å². The van der Waals surface area contributed by atoms with Gasteiger partial charge >= 0.3 is 19.8 Å². The molecule has 0 aliphatic carbocycles. The van der Waals surface area contributed by atoms with E-state index >= 15 is 0 Å². The van der Waals surface area contributed by atoms with E-state index in [0.29, 0.717) is 17.4 Å². The van der Waals surface area contributed by atoms with Crippen LogP contribution in [0.5, 0.6) is 0 Å². The molecule has 0 aliphatic heterocycles. The van der Waals surface area contributed by atoms with Crippen molar-refractivity contribution in [3.05, 3.63) is 72.9 Å². The van der Waals surface area contributed by atoms with E-state index < -0.39 is 26.5 Å². The summed E-state index contributed by atoms with van der Waals surface area (Å²) in [7, 11) is 1.48. The number of nitrogens with zero attached hydrogens (tertiary/aromatic N) is 1. The topological polar surface area (TPSA) is 108 Å². The fourth-order valence-corrected chi connectivity index (χ4v) is 9.96. The van der Waals surface area contributed by atoms with Crippen LogP contribution in [0, 0.1) is 0 Å². The number of phosphoric ester groups is 1. The number of carbonyl (C=O) groups is 2. The summed E-state index contributed by atoms with van der Waals surface area (Å²) < 4.78 is 34.7. The first-order chi connectivity index (χ1) is 38.0. The van der Waals surface area contributed by atoms with Gasteiger partial charge in [-0.15, -0.1) is 0 Å². The molecule has 0 bridgehead atoms. The molecule has 0 radical (unpaired) electrons. The van der Waals surface area contributed by atoms with Gasteiger partial charge in [0, 0.05) is 12.8 Å². The van der Waals surface area contributed by atoms with E-state index in [0.717, 1.165) is 70.6 Å². The first-order valence-electron chi connectivity index (χ1n) is 32.7. The zero-order chi connectivity index (χ0) is 57.0. The van der Waals surface area contributed by atoms with Crippen molar-refractivity contribution in [3.63, 3.8) is 0 Å². The number of likely N-dealkylation sites (N-methyl/N-ethyl adjacent to an activating group) is 1. The lowest BCUT2D eigenvalue weighted by molar-refractivity contribution is -0.870. The minimum Gasteiger partial charge on any atom is -0.462 e. The van der Waals surface area contributed by atoms with E-state index in [4.69, 9.17) is 18.5 Å². The lowest BCUT2D eigenvalue weighted by Crippen LogP contribution is -2.37. The molecule has 0 amide bonds. The van der Waals surface area contributed by atoms with Crippen molar-refractivity contribution < 1.29 is 42.1 Å². The molecule has 0 saturated heterocycles. The summed E-state index contributed by atoms with van der Waals surface area (Å²) in [6.07, 6.45) is 78.4. The zero-order valence-electron chi connectivity index (χ0n) is 51.6. The third kappa shape index (κ3) is 62.6. The summed E-state index contributed by atoms with van der Waals surface area (Å²) >= 11 is 0. The molecular weight excluding hydrogens is 990 g/mol. The highest BCUT2D eigenvalue weighted by Gasteiger charge is 2.27. The van der Waals surface area contributed by atoms with Crippen LogP contribution in [0.4, 0.5) is 0 Å².